The smallest absolute Gasteiger partial charge is 0.225 e. The fourth-order valence-electron chi connectivity index (χ4n) is 3.86. The van der Waals surface area contributed by atoms with Crippen LogP contribution in [0.25, 0.3) is 0 Å². The SMILES string of the molecule is Cl.Cn1cc([C@H]2CNC[C@@H]2C(=O)NCC2(c3cccc(F)c3)CC2)cn1. The van der Waals surface area contributed by atoms with Gasteiger partial charge in [-0.1, -0.05) is 12.1 Å². The largest absolute Gasteiger partial charge is 0.355 e. The summed E-state index contributed by atoms with van der Waals surface area (Å²) in [5.41, 5.74) is 1.99. The van der Waals surface area contributed by atoms with Crippen molar-refractivity contribution in [3.63, 3.8) is 0 Å². The highest BCUT2D eigenvalue weighted by Gasteiger charge is 2.45. The van der Waals surface area contributed by atoms with Crippen LogP contribution >= 0.6 is 12.4 Å². The quantitative estimate of drug-likeness (QED) is 0.838. The van der Waals surface area contributed by atoms with Crippen molar-refractivity contribution in [1.82, 2.24) is 20.4 Å². The molecular formula is C19H24ClFN4O. The van der Waals surface area contributed by atoms with Crippen molar-refractivity contribution >= 4 is 18.3 Å². The normalized spacial score (nSPS) is 23.3. The monoisotopic (exact) mass is 378 g/mol. The topological polar surface area (TPSA) is 59.0 Å². The Labute approximate surface area is 158 Å². The number of carbonyl (C=O) groups is 1. The molecule has 2 heterocycles. The summed E-state index contributed by atoms with van der Waals surface area (Å²) in [5.74, 6) is -0.0844. The van der Waals surface area contributed by atoms with Gasteiger partial charge in [-0.15, -0.1) is 12.4 Å². The van der Waals surface area contributed by atoms with Crippen LogP contribution in [0.2, 0.25) is 0 Å². The number of amides is 1. The fraction of sp³-hybridized carbons (Fsp3) is 0.474. The molecule has 26 heavy (non-hydrogen) atoms. The van der Waals surface area contributed by atoms with Gasteiger partial charge >= 0.3 is 0 Å². The molecule has 0 spiro atoms. The van der Waals surface area contributed by atoms with Gasteiger partial charge in [-0.05, 0) is 36.1 Å². The Morgan fingerprint density at radius 3 is 2.88 bits per heavy atom. The van der Waals surface area contributed by atoms with Crippen LogP contribution in [-0.2, 0) is 17.3 Å². The van der Waals surface area contributed by atoms with Gasteiger partial charge in [0.25, 0.3) is 0 Å². The summed E-state index contributed by atoms with van der Waals surface area (Å²) >= 11 is 0. The second kappa shape index (κ2) is 7.37. The number of rotatable bonds is 5. The van der Waals surface area contributed by atoms with Crippen LogP contribution in [0.5, 0.6) is 0 Å². The molecule has 5 nitrogen and oxygen atoms in total. The maximum Gasteiger partial charge on any atom is 0.225 e. The van der Waals surface area contributed by atoms with E-state index in [1.165, 1.54) is 6.07 Å². The Morgan fingerprint density at radius 2 is 2.23 bits per heavy atom. The number of hydrogen-bond donors (Lipinski definition) is 2. The number of benzene rings is 1. The molecule has 1 saturated heterocycles. The Hall–Kier alpha value is -1.92. The van der Waals surface area contributed by atoms with E-state index in [1.54, 1.807) is 16.8 Å². The lowest BCUT2D eigenvalue weighted by Crippen LogP contribution is -2.38. The van der Waals surface area contributed by atoms with Gasteiger partial charge in [0.15, 0.2) is 0 Å². The zero-order chi connectivity index (χ0) is 17.4. The minimum absolute atomic E-state index is 0. The highest BCUT2D eigenvalue weighted by atomic mass is 35.5. The van der Waals surface area contributed by atoms with Gasteiger partial charge in [-0.25, -0.2) is 4.39 Å². The van der Waals surface area contributed by atoms with E-state index in [0.29, 0.717) is 13.1 Å². The molecular weight excluding hydrogens is 355 g/mol. The standard InChI is InChI=1S/C19H23FN4O.ClH/c1-24-11-13(8-23-24)16-9-21-10-17(16)18(25)22-12-19(5-6-19)14-3-2-4-15(20)7-14;/h2-4,7-8,11,16-17,21H,5-6,9-10,12H2,1H3,(H,22,25);1H/t16-,17+;/m1./s1. The van der Waals surface area contributed by atoms with Gasteiger partial charge in [-0.2, -0.15) is 5.10 Å². The molecule has 2 aromatic rings. The molecule has 1 amide bonds. The van der Waals surface area contributed by atoms with Crippen molar-refractivity contribution in [3.05, 3.63) is 53.6 Å². The number of nitrogens with one attached hydrogen (secondary N) is 2. The molecule has 2 N–H and O–H groups in total. The van der Waals surface area contributed by atoms with Gasteiger partial charge in [0.2, 0.25) is 5.91 Å². The molecule has 1 aromatic heterocycles. The van der Waals surface area contributed by atoms with E-state index >= 15 is 0 Å². The number of carbonyl (C=O) groups excluding carboxylic acids is 1. The summed E-state index contributed by atoms with van der Waals surface area (Å²) in [7, 11) is 1.89. The van der Waals surface area contributed by atoms with E-state index in [4.69, 9.17) is 0 Å². The molecule has 2 atom stereocenters. The third-order valence-corrected chi connectivity index (χ3v) is 5.60. The van der Waals surface area contributed by atoms with Crippen LogP contribution in [0.1, 0.15) is 29.9 Å². The first-order valence-electron chi connectivity index (χ1n) is 8.80. The molecule has 2 fully saturated rings. The third kappa shape index (κ3) is 3.62. The summed E-state index contributed by atoms with van der Waals surface area (Å²) in [4.78, 5) is 12.8. The first-order chi connectivity index (χ1) is 12.1. The molecule has 1 aliphatic heterocycles. The average molecular weight is 379 g/mol. The van der Waals surface area contributed by atoms with Gasteiger partial charge in [-0.3, -0.25) is 9.48 Å². The highest BCUT2D eigenvalue weighted by Crippen LogP contribution is 2.47. The van der Waals surface area contributed by atoms with Crippen LogP contribution in [-0.4, -0.2) is 35.3 Å². The van der Waals surface area contributed by atoms with Gasteiger partial charge in [0.05, 0.1) is 12.1 Å². The second-order valence-electron chi connectivity index (χ2n) is 7.33. The lowest BCUT2D eigenvalue weighted by molar-refractivity contribution is -0.124. The fourth-order valence-corrected chi connectivity index (χ4v) is 3.86. The lowest BCUT2D eigenvalue weighted by Gasteiger charge is -2.21. The van der Waals surface area contributed by atoms with Crippen LogP contribution in [0.4, 0.5) is 4.39 Å². The summed E-state index contributed by atoms with van der Waals surface area (Å²) in [6.07, 6.45) is 5.80. The average Bonchev–Trinajstić information content (AvgIpc) is 3.01. The van der Waals surface area contributed by atoms with Crippen molar-refractivity contribution in [3.8, 4) is 0 Å². The number of halogens is 2. The predicted molar refractivity (Wildman–Crippen MR) is 99.9 cm³/mol. The van der Waals surface area contributed by atoms with E-state index in [0.717, 1.165) is 30.5 Å². The van der Waals surface area contributed by atoms with Crippen LogP contribution < -0.4 is 10.6 Å². The Bertz CT molecular complexity index is 789. The molecule has 0 bridgehead atoms. The number of hydrogen-bond acceptors (Lipinski definition) is 3. The summed E-state index contributed by atoms with van der Waals surface area (Å²) in [6, 6.07) is 6.75. The lowest BCUT2D eigenvalue weighted by atomic mass is 9.89. The van der Waals surface area contributed by atoms with E-state index in [9.17, 15) is 9.18 Å². The van der Waals surface area contributed by atoms with Gasteiger partial charge in [0, 0.05) is 44.2 Å². The van der Waals surface area contributed by atoms with Crippen LogP contribution in [0.3, 0.4) is 0 Å². The predicted octanol–water partition coefficient (Wildman–Crippen LogP) is 2.13. The molecule has 2 aliphatic rings. The number of aromatic nitrogens is 2. The molecule has 0 unspecified atom stereocenters. The van der Waals surface area contributed by atoms with Crippen LogP contribution in [0, 0.1) is 11.7 Å². The molecule has 4 rings (SSSR count). The first-order valence-corrected chi connectivity index (χ1v) is 8.80. The van der Waals surface area contributed by atoms with Gasteiger partial charge in [0.1, 0.15) is 5.82 Å². The Morgan fingerprint density at radius 1 is 1.42 bits per heavy atom. The summed E-state index contributed by atoms with van der Waals surface area (Å²) in [6.45, 7) is 2.04. The molecule has 7 heteroatoms. The summed E-state index contributed by atoms with van der Waals surface area (Å²) < 4.78 is 15.3. The molecule has 1 aliphatic carbocycles. The van der Waals surface area contributed by atoms with Crippen molar-refractivity contribution in [2.24, 2.45) is 13.0 Å². The van der Waals surface area contributed by atoms with E-state index < -0.39 is 0 Å². The maximum atomic E-state index is 13.5. The zero-order valence-corrected chi connectivity index (χ0v) is 15.6. The molecule has 140 valence electrons. The van der Waals surface area contributed by atoms with Crippen LogP contribution in [0.15, 0.2) is 36.7 Å². The molecule has 1 aromatic carbocycles. The second-order valence-corrected chi connectivity index (χ2v) is 7.33. The zero-order valence-electron chi connectivity index (χ0n) is 14.7. The van der Waals surface area contributed by atoms with Crippen molar-refractivity contribution in [1.29, 1.82) is 0 Å². The number of aryl methyl sites for hydroxylation is 1. The minimum Gasteiger partial charge on any atom is -0.355 e. The third-order valence-electron chi connectivity index (χ3n) is 5.60. The molecule has 1 saturated carbocycles. The Balaban J connectivity index is 0.00000196. The van der Waals surface area contributed by atoms with E-state index in [2.05, 4.69) is 15.7 Å². The van der Waals surface area contributed by atoms with Crippen molar-refractivity contribution < 1.29 is 9.18 Å². The maximum absolute atomic E-state index is 13.5. The van der Waals surface area contributed by atoms with Crippen molar-refractivity contribution in [2.75, 3.05) is 19.6 Å². The molecule has 0 radical (unpaired) electrons. The minimum atomic E-state index is -0.216. The van der Waals surface area contributed by atoms with Crippen molar-refractivity contribution in [2.45, 2.75) is 24.2 Å². The van der Waals surface area contributed by atoms with Gasteiger partial charge < -0.3 is 10.6 Å². The van der Waals surface area contributed by atoms with E-state index in [-0.39, 0.29) is 41.4 Å². The Kier molecular flexibility index (Phi) is 5.34. The highest BCUT2D eigenvalue weighted by molar-refractivity contribution is 5.85. The first kappa shape index (κ1) is 18.9. The number of nitrogens with zero attached hydrogens (tertiary/aromatic N) is 2. The summed E-state index contributed by atoms with van der Waals surface area (Å²) in [5, 5.41) is 10.7. The van der Waals surface area contributed by atoms with E-state index in [1.807, 2.05) is 25.5 Å².